The number of rotatable bonds is 10. The van der Waals surface area contributed by atoms with Crippen LogP contribution >= 0.6 is 0 Å². The lowest BCUT2D eigenvalue weighted by molar-refractivity contribution is -0.148. The SMILES string of the molecule is CCCC/C(CC(C)(CC)C(=O)O)=C(/C)CCC=C(C)C. The van der Waals surface area contributed by atoms with Crippen molar-refractivity contribution >= 4 is 5.97 Å². The fraction of sp³-hybridized carbons (Fsp3) is 0.737. The van der Waals surface area contributed by atoms with E-state index in [2.05, 4.69) is 33.8 Å². The van der Waals surface area contributed by atoms with E-state index in [0.29, 0.717) is 12.8 Å². The van der Waals surface area contributed by atoms with Crippen molar-refractivity contribution in [2.24, 2.45) is 5.41 Å². The minimum atomic E-state index is -0.670. The number of aliphatic carboxylic acids is 1. The molecule has 0 aromatic rings. The molecule has 21 heavy (non-hydrogen) atoms. The first-order valence-electron chi connectivity index (χ1n) is 8.31. The fourth-order valence-electron chi connectivity index (χ4n) is 2.42. The van der Waals surface area contributed by atoms with E-state index < -0.39 is 11.4 Å². The molecule has 0 aromatic carbocycles. The van der Waals surface area contributed by atoms with Crippen LogP contribution < -0.4 is 0 Å². The topological polar surface area (TPSA) is 37.3 Å². The Morgan fingerprint density at radius 3 is 2.19 bits per heavy atom. The molecule has 0 radical (unpaired) electrons. The zero-order valence-electron chi connectivity index (χ0n) is 14.9. The Labute approximate surface area is 131 Å². The number of carbonyl (C=O) groups is 1. The van der Waals surface area contributed by atoms with Gasteiger partial charge in [-0.05, 0) is 66.2 Å². The highest BCUT2D eigenvalue weighted by Crippen LogP contribution is 2.34. The summed E-state index contributed by atoms with van der Waals surface area (Å²) in [5, 5.41) is 9.51. The van der Waals surface area contributed by atoms with Crippen LogP contribution in [0.4, 0.5) is 0 Å². The van der Waals surface area contributed by atoms with E-state index in [1.165, 1.54) is 16.7 Å². The zero-order valence-corrected chi connectivity index (χ0v) is 14.9. The Morgan fingerprint density at radius 2 is 1.76 bits per heavy atom. The van der Waals surface area contributed by atoms with Crippen molar-refractivity contribution < 1.29 is 9.90 Å². The highest BCUT2D eigenvalue weighted by molar-refractivity contribution is 5.74. The maximum absolute atomic E-state index is 11.6. The summed E-state index contributed by atoms with van der Waals surface area (Å²) >= 11 is 0. The molecule has 0 fully saturated rings. The van der Waals surface area contributed by atoms with Crippen molar-refractivity contribution in [3.8, 4) is 0 Å². The zero-order chi connectivity index (χ0) is 16.5. The quantitative estimate of drug-likeness (QED) is 0.492. The Balaban J connectivity index is 5.07. The van der Waals surface area contributed by atoms with Gasteiger partial charge in [0.1, 0.15) is 0 Å². The van der Waals surface area contributed by atoms with Gasteiger partial charge in [-0.15, -0.1) is 0 Å². The minimum Gasteiger partial charge on any atom is -0.481 e. The van der Waals surface area contributed by atoms with E-state index in [0.717, 1.165) is 32.1 Å². The third kappa shape index (κ3) is 7.50. The van der Waals surface area contributed by atoms with Crippen LogP contribution in [0.1, 0.15) is 86.5 Å². The van der Waals surface area contributed by atoms with Gasteiger partial charge in [0, 0.05) is 0 Å². The molecule has 0 saturated heterocycles. The molecule has 122 valence electrons. The molecule has 0 heterocycles. The van der Waals surface area contributed by atoms with E-state index in [-0.39, 0.29) is 0 Å². The van der Waals surface area contributed by atoms with E-state index in [4.69, 9.17) is 0 Å². The highest BCUT2D eigenvalue weighted by Gasteiger charge is 2.32. The van der Waals surface area contributed by atoms with E-state index in [1.807, 2.05) is 13.8 Å². The van der Waals surface area contributed by atoms with Crippen LogP contribution in [-0.2, 0) is 4.79 Å². The van der Waals surface area contributed by atoms with Crippen LogP contribution in [0.5, 0.6) is 0 Å². The van der Waals surface area contributed by atoms with Crippen LogP contribution in [0.15, 0.2) is 22.8 Å². The minimum absolute atomic E-state index is 0.624. The Morgan fingerprint density at radius 1 is 1.14 bits per heavy atom. The standard InChI is InChI=1S/C19H34O2/c1-7-9-13-17(14-19(6,8-2)18(20)21)16(5)12-10-11-15(3)4/h11H,7-10,12-14H2,1-6H3,(H,20,21)/b17-16+. The fourth-order valence-corrected chi connectivity index (χ4v) is 2.42. The molecule has 0 spiro atoms. The smallest absolute Gasteiger partial charge is 0.309 e. The molecule has 2 heteroatoms. The Bertz CT molecular complexity index is 386. The van der Waals surface area contributed by atoms with E-state index in [1.54, 1.807) is 0 Å². The molecule has 0 aliphatic carbocycles. The summed E-state index contributed by atoms with van der Waals surface area (Å²) in [6, 6.07) is 0. The molecular weight excluding hydrogens is 260 g/mol. The molecule has 0 aliphatic heterocycles. The third-order valence-electron chi connectivity index (χ3n) is 4.41. The third-order valence-corrected chi connectivity index (χ3v) is 4.41. The van der Waals surface area contributed by atoms with E-state index >= 15 is 0 Å². The normalized spacial score (nSPS) is 15.1. The molecule has 1 N–H and O–H groups in total. The monoisotopic (exact) mass is 294 g/mol. The number of hydrogen-bond acceptors (Lipinski definition) is 1. The van der Waals surface area contributed by atoms with Crippen molar-refractivity contribution in [2.75, 3.05) is 0 Å². The lowest BCUT2D eigenvalue weighted by atomic mass is 9.78. The molecule has 1 atom stereocenters. The van der Waals surface area contributed by atoms with Crippen molar-refractivity contribution in [2.45, 2.75) is 86.5 Å². The van der Waals surface area contributed by atoms with Gasteiger partial charge >= 0.3 is 5.97 Å². The lowest BCUT2D eigenvalue weighted by Gasteiger charge is -2.26. The molecule has 0 amide bonds. The number of unbranched alkanes of at least 4 members (excludes halogenated alkanes) is 1. The summed E-state index contributed by atoms with van der Waals surface area (Å²) in [5.41, 5.74) is 3.48. The average molecular weight is 294 g/mol. The maximum atomic E-state index is 11.6. The van der Waals surface area contributed by atoms with Gasteiger partial charge in [-0.1, -0.05) is 43.1 Å². The van der Waals surface area contributed by atoms with Gasteiger partial charge in [-0.2, -0.15) is 0 Å². The lowest BCUT2D eigenvalue weighted by Crippen LogP contribution is -2.27. The van der Waals surface area contributed by atoms with Crippen LogP contribution in [0.3, 0.4) is 0 Å². The van der Waals surface area contributed by atoms with Gasteiger partial charge in [0.15, 0.2) is 0 Å². The number of carboxylic acid groups (broad SMARTS) is 1. The predicted octanol–water partition coefficient (Wildman–Crippen LogP) is 6.13. The van der Waals surface area contributed by atoms with E-state index in [9.17, 15) is 9.90 Å². The number of allylic oxidation sites excluding steroid dienone is 4. The van der Waals surface area contributed by atoms with Gasteiger partial charge in [-0.25, -0.2) is 0 Å². The van der Waals surface area contributed by atoms with Crippen LogP contribution in [0.25, 0.3) is 0 Å². The van der Waals surface area contributed by atoms with Crippen molar-refractivity contribution in [1.29, 1.82) is 0 Å². The first-order valence-corrected chi connectivity index (χ1v) is 8.31. The van der Waals surface area contributed by atoms with Crippen molar-refractivity contribution in [3.05, 3.63) is 22.8 Å². The summed E-state index contributed by atoms with van der Waals surface area (Å²) in [6.45, 7) is 12.5. The Hall–Kier alpha value is -1.05. The number of hydrogen-bond donors (Lipinski definition) is 1. The predicted molar refractivity (Wildman–Crippen MR) is 91.5 cm³/mol. The summed E-state index contributed by atoms with van der Waals surface area (Å²) < 4.78 is 0. The molecule has 0 rings (SSSR count). The second kappa shape index (κ2) is 9.81. The number of carboxylic acids is 1. The van der Waals surface area contributed by atoms with Gasteiger partial charge in [-0.3, -0.25) is 4.79 Å². The molecule has 0 aliphatic rings. The summed E-state index contributed by atoms with van der Waals surface area (Å²) in [4.78, 5) is 11.6. The highest BCUT2D eigenvalue weighted by atomic mass is 16.4. The van der Waals surface area contributed by atoms with Crippen LogP contribution in [-0.4, -0.2) is 11.1 Å². The Kier molecular flexibility index (Phi) is 9.32. The second-order valence-corrected chi connectivity index (χ2v) is 6.70. The molecule has 1 unspecified atom stereocenters. The maximum Gasteiger partial charge on any atom is 0.309 e. The average Bonchev–Trinajstić information content (AvgIpc) is 2.42. The summed E-state index contributed by atoms with van der Waals surface area (Å²) in [6.07, 6.45) is 9.08. The first kappa shape index (κ1) is 19.9. The molecular formula is C19H34O2. The summed E-state index contributed by atoms with van der Waals surface area (Å²) in [5.74, 6) is -0.670. The van der Waals surface area contributed by atoms with Gasteiger partial charge in [0.25, 0.3) is 0 Å². The summed E-state index contributed by atoms with van der Waals surface area (Å²) in [7, 11) is 0. The largest absolute Gasteiger partial charge is 0.481 e. The van der Waals surface area contributed by atoms with Crippen molar-refractivity contribution in [3.63, 3.8) is 0 Å². The van der Waals surface area contributed by atoms with Crippen LogP contribution in [0, 0.1) is 5.41 Å². The first-order chi connectivity index (χ1) is 9.76. The molecule has 0 bridgehead atoms. The van der Waals surface area contributed by atoms with Gasteiger partial charge < -0.3 is 5.11 Å². The van der Waals surface area contributed by atoms with Crippen LogP contribution in [0.2, 0.25) is 0 Å². The molecule has 2 nitrogen and oxygen atoms in total. The molecule has 0 aromatic heterocycles. The van der Waals surface area contributed by atoms with Gasteiger partial charge in [0.05, 0.1) is 5.41 Å². The molecule has 0 saturated carbocycles. The van der Waals surface area contributed by atoms with Crippen molar-refractivity contribution in [1.82, 2.24) is 0 Å². The van der Waals surface area contributed by atoms with Gasteiger partial charge in [0.2, 0.25) is 0 Å². The second-order valence-electron chi connectivity index (χ2n) is 6.70.